The number of benzene rings is 1. The third kappa shape index (κ3) is 4.81. The monoisotopic (exact) mass is 340 g/mol. The molecule has 0 saturated carbocycles. The summed E-state index contributed by atoms with van der Waals surface area (Å²) in [6, 6.07) is 10.4. The van der Waals surface area contributed by atoms with E-state index in [0.717, 1.165) is 52.1 Å². The molecule has 2 heterocycles. The van der Waals surface area contributed by atoms with Gasteiger partial charge in [0, 0.05) is 45.3 Å². The fourth-order valence-corrected chi connectivity index (χ4v) is 3.80. The fraction of sp³-hybridized carbons (Fsp3) is 0.600. The largest absolute Gasteiger partial charge is 0.339 e. The SMILES string of the molecule is CC1CCCCN1C(=O)CN1CCN(Cc2ccc(C#N)cc2)CC1. The lowest BCUT2D eigenvalue weighted by molar-refractivity contribution is -0.136. The molecular formula is C20H28N4O. The van der Waals surface area contributed by atoms with Crippen molar-refractivity contribution in [1.29, 1.82) is 5.26 Å². The Hall–Kier alpha value is -1.90. The van der Waals surface area contributed by atoms with Crippen LogP contribution in [0.2, 0.25) is 0 Å². The van der Waals surface area contributed by atoms with E-state index >= 15 is 0 Å². The molecule has 0 radical (unpaired) electrons. The maximum Gasteiger partial charge on any atom is 0.236 e. The van der Waals surface area contributed by atoms with Crippen molar-refractivity contribution >= 4 is 5.91 Å². The van der Waals surface area contributed by atoms with Crippen molar-refractivity contribution in [3.05, 3.63) is 35.4 Å². The standard InChI is InChI=1S/C20H28N4O/c1-17-4-2-3-9-24(17)20(25)16-23-12-10-22(11-13-23)15-19-7-5-18(14-21)6-8-19/h5-8,17H,2-4,9-13,15-16H2,1H3. The van der Waals surface area contributed by atoms with Crippen LogP contribution < -0.4 is 0 Å². The average molecular weight is 340 g/mol. The van der Waals surface area contributed by atoms with Gasteiger partial charge in [-0.25, -0.2) is 0 Å². The second-order valence-corrected chi connectivity index (χ2v) is 7.29. The lowest BCUT2D eigenvalue weighted by Crippen LogP contribution is -2.51. The van der Waals surface area contributed by atoms with Gasteiger partial charge in [0.15, 0.2) is 0 Å². The number of hydrogen-bond donors (Lipinski definition) is 0. The number of hydrogen-bond acceptors (Lipinski definition) is 4. The molecule has 2 aliphatic heterocycles. The lowest BCUT2D eigenvalue weighted by Gasteiger charge is -2.38. The summed E-state index contributed by atoms with van der Waals surface area (Å²) >= 11 is 0. The van der Waals surface area contributed by atoms with Crippen LogP contribution in [0.25, 0.3) is 0 Å². The Kier molecular flexibility index (Phi) is 6.06. The van der Waals surface area contributed by atoms with Crippen LogP contribution in [0.15, 0.2) is 24.3 Å². The smallest absolute Gasteiger partial charge is 0.236 e. The van der Waals surface area contributed by atoms with Gasteiger partial charge in [0.1, 0.15) is 0 Å². The van der Waals surface area contributed by atoms with Crippen LogP contribution in [0, 0.1) is 11.3 Å². The Morgan fingerprint density at radius 3 is 2.40 bits per heavy atom. The van der Waals surface area contributed by atoms with E-state index in [-0.39, 0.29) is 0 Å². The molecule has 3 rings (SSSR count). The van der Waals surface area contributed by atoms with Crippen molar-refractivity contribution in [2.45, 2.75) is 38.8 Å². The van der Waals surface area contributed by atoms with E-state index in [0.29, 0.717) is 24.1 Å². The normalized spacial score (nSPS) is 22.6. The predicted octanol–water partition coefficient (Wildman–Crippen LogP) is 2.08. The number of carbonyl (C=O) groups excluding carboxylic acids is 1. The van der Waals surface area contributed by atoms with Crippen LogP contribution in [-0.4, -0.2) is 65.9 Å². The quantitative estimate of drug-likeness (QED) is 0.842. The van der Waals surface area contributed by atoms with Crippen molar-refractivity contribution in [3.8, 4) is 6.07 Å². The molecule has 0 aromatic heterocycles. The maximum absolute atomic E-state index is 12.6. The van der Waals surface area contributed by atoms with Gasteiger partial charge in [0.05, 0.1) is 18.2 Å². The van der Waals surface area contributed by atoms with E-state index < -0.39 is 0 Å². The Balaban J connectivity index is 1.43. The van der Waals surface area contributed by atoms with Crippen molar-refractivity contribution in [2.24, 2.45) is 0 Å². The summed E-state index contributed by atoms with van der Waals surface area (Å²) < 4.78 is 0. The number of nitriles is 1. The number of piperazine rings is 1. The molecule has 25 heavy (non-hydrogen) atoms. The molecule has 1 atom stereocenters. The van der Waals surface area contributed by atoms with E-state index in [1.165, 1.54) is 12.0 Å². The van der Waals surface area contributed by atoms with Crippen LogP contribution in [-0.2, 0) is 11.3 Å². The van der Waals surface area contributed by atoms with Gasteiger partial charge < -0.3 is 4.90 Å². The van der Waals surface area contributed by atoms with Gasteiger partial charge in [-0.15, -0.1) is 0 Å². The molecule has 0 aliphatic carbocycles. The molecule has 1 amide bonds. The molecule has 2 saturated heterocycles. The zero-order valence-electron chi connectivity index (χ0n) is 15.2. The molecule has 1 aromatic rings. The molecule has 0 bridgehead atoms. The van der Waals surface area contributed by atoms with Crippen LogP contribution in [0.1, 0.15) is 37.3 Å². The summed E-state index contributed by atoms with van der Waals surface area (Å²) in [5, 5.41) is 8.86. The second-order valence-electron chi connectivity index (χ2n) is 7.29. The first-order valence-corrected chi connectivity index (χ1v) is 9.39. The van der Waals surface area contributed by atoms with E-state index in [4.69, 9.17) is 5.26 Å². The predicted molar refractivity (Wildman–Crippen MR) is 97.9 cm³/mol. The molecule has 0 spiro atoms. The first kappa shape index (κ1) is 17.9. The molecule has 0 N–H and O–H groups in total. The summed E-state index contributed by atoms with van der Waals surface area (Å²) in [5.41, 5.74) is 1.95. The van der Waals surface area contributed by atoms with Crippen molar-refractivity contribution in [1.82, 2.24) is 14.7 Å². The third-order valence-electron chi connectivity index (χ3n) is 5.44. The van der Waals surface area contributed by atoms with Gasteiger partial charge >= 0.3 is 0 Å². The highest BCUT2D eigenvalue weighted by Crippen LogP contribution is 2.17. The van der Waals surface area contributed by atoms with Crippen LogP contribution in [0.4, 0.5) is 0 Å². The van der Waals surface area contributed by atoms with Gasteiger partial charge in [-0.2, -0.15) is 5.26 Å². The Morgan fingerprint density at radius 1 is 1.08 bits per heavy atom. The minimum Gasteiger partial charge on any atom is -0.339 e. The van der Waals surface area contributed by atoms with E-state index in [9.17, 15) is 4.79 Å². The highest BCUT2D eigenvalue weighted by Gasteiger charge is 2.26. The van der Waals surface area contributed by atoms with Gasteiger partial charge in [-0.1, -0.05) is 12.1 Å². The molecular weight excluding hydrogens is 312 g/mol. The summed E-state index contributed by atoms with van der Waals surface area (Å²) in [6.45, 7) is 8.46. The number of likely N-dealkylation sites (tertiary alicyclic amines) is 1. The first-order valence-electron chi connectivity index (χ1n) is 9.39. The Morgan fingerprint density at radius 2 is 1.76 bits per heavy atom. The maximum atomic E-state index is 12.6. The topological polar surface area (TPSA) is 50.6 Å². The van der Waals surface area contributed by atoms with Crippen molar-refractivity contribution in [3.63, 3.8) is 0 Å². The van der Waals surface area contributed by atoms with Crippen molar-refractivity contribution < 1.29 is 4.79 Å². The van der Waals surface area contributed by atoms with Crippen molar-refractivity contribution in [2.75, 3.05) is 39.3 Å². The van der Waals surface area contributed by atoms with Gasteiger partial charge in [-0.05, 0) is 43.9 Å². The van der Waals surface area contributed by atoms with E-state index in [2.05, 4.69) is 27.7 Å². The number of piperidine rings is 1. The molecule has 2 aliphatic rings. The highest BCUT2D eigenvalue weighted by molar-refractivity contribution is 5.78. The van der Waals surface area contributed by atoms with Crippen LogP contribution >= 0.6 is 0 Å². The molecule has 5 nitrogen and oxygen atoms in total. The van der Waals surface area contributed by atoms with Crippen LogP contribution in [0.5, 0.6) is 0 Å². The second kappa shape index (κ2) is 8.46. The zero-order chi connectivity index (χ0) is 17.6. The van der Waals surface area contributed by atoms with Gasteiger partial charge in [0.2, 0.25) is 5.91 Å². The zero-order valence-corrected chi connectivity index (χ0v) is 15.2. The van der Waals surface area contributed by atoms with Gasteiger partial charge in [-0.3, -0.25) is 14.6 Å². The van der Waals surface area contributed by atoms with E-state index in [1.807, 2.05) is 24.3 Å². The lowest BCUT2D eigenvalue weighted by atomic mass is 10.0. The third-order valence-corrected chi connectivity index (χ3v) is 5.44. The highest BCUT2D eigenvalue weighted by atomic mass is 16.2. The summed E-state index contributed by atoms with van der Waals surface area (Å²) in [5.74, 6) is 0.299. The van der Waals surface area contributed by atoms with Crippen LogP contribution in [0.3, 0.4) is 0 Å². The molecule has 134 valence electrons. The Bertz CT molecular complexity index is 614. The van der Waals surface area contributed by atoms with Gasteiger partial charge in [0.25, 0.3) is 0 Å². The average Bonchev–Trinajstić information content (AvgIpc) is 2.64. The molecule has 5 heteroatoms. The first-order chi connectivity index (χ1) is 12.2. The summed E-state index contributed by atoms with van der Waals surface area (Å²) in [4.78, 5) is 19.3. The summed E-state index contributed by atoms with van der Waals surface area (Å²) in [7, 11) is 0. The molecule has 1 unspecified atom stereocenters. The van der Waals surface area contributed by atoms with E-state index in [1.54, 1.807) is 0 Å². The fourth-order valence-electron chi connectivity index (χ4n) is 3.80. The number of rotatable bonds is 4. The minimum absolute atomic E-state index is 0.299. The summed E-state index contributed by atoms with van der Waals surface area (Å²) in [6.07, 6.45) is 3.54. The minimum atomic E-state index is 0.299. The molecule has 1 aromatic carbocycles. The number of nitrogens with zero attached hydrogens (tertiary/aromatic N) is 4. The number of amides is 1. The number of carbonyl (C=O) groups is 1. The Labute approximate surface area is 150 Å². The molecule has 2 fully saturated rings.